The third-order valence-electron chi connectivity index (χ3n) is 3.68. The summed E-state index contributed by atoms with van der Waals surface area (Å²) in [4.78, 5) is 16.1. The minimum absolute atomic E-state index is 0.0902. The first-order valence-electron chi connectivity index (χ1n) is 7.94. The zero-order valence-corrected chi connectivity index (χ0v) is 16.7. The maximum atomic E-state index is 10.7. The van der Waals surface area contributed by atoms with E-state index in [1.54, 1.807) is 11.3 Å². The Morgan fingerprint density at radius 3 is 2.57 bits per heavy atom. The number of halogens is 1. The van der Waals surface area contributed by atoms with E-state index >= 15 is 0 Å². The number of nitrogens with one attached hydrogen (secondary N) is 1. The first kappa shape index (κ1) is 18.4. The van der Waals surface area contributed by atoms with Gasteiger partial charge in [-0.2, -0.15) is 23.4 Å². The highest BCUT2D eigenvalue weighted by molar-refractivity contribution is 7.61. The lowest BCUT2D eigenvalue weighted by molar-refractivity contribution is 0.622. The molecule has 0 amide bonds. The second kappa shape index (κ2) is 7.58. The van der Waals surface area contributed by atoms with Gasteiger partial charge in [0.25, 0.3) is 5.95 Å². The number of hydrogen-bond acceptors (Lipinski definition) is 9. The third kappa shape index (κ3) is 4.14. The molecule has 0 atom stereocenters. The first-order valence-corrected chi connectivity index (χ1v) is 10.2. The molecule has 2 aromatic carbocycles. The molecule has 0 saturated heterocycles. The van der Waals surface area contributed by atoms with Crippen LogP contribution in [0.15, 0.2) is 46.8 Å². The number of fused-ring (bicyclic) bond motifs is 1. The molecule has 0 aliphatic heterocycles. The SMILES string of the molecule is Cc1ccc2nc(-c3ccc(Nc4nc(Cl)nc(N=S(=O)=O)n4)cc3)sc2c1. The van der Waals surface area contributed by atoms with Crippen molar-refractivity contribution in [3.05, 3.63) is 53.3 Å². The Balaban J connectivity index is 1.59. The number of benzene rings is 2. The van der Waals surface area contributed by atoms with E-state index in [9.17, 15) is 8.42 Å². The van der Waals surface area contributed by atoms with E-state index in [2.05, 4.69) is 42.6 Å². The van der Waals surface area contributed by atoms with Gasteiger partial charge < -0.3 is 5.32 Å². The summed E-state index contributed by atoms with van der Waals surface area (Å²) in [5.74, 6) is -0.204. The van der Waals surface area contributed by atoms with Gasteiger partial charge in [0, 0.05) is 11.3 Å². The summed E-state index contributed by atoms with van der Waals surface area (Å²) >= 11 is 7.42. The van der Waals surface area contributed by atoms with Gasteiger partial charge in [-0.1, -0.05) is 10.4 Å². The summed E-state index contributed by atoms with van der Waals surface area (Å²) in [6.45, 7) is 2.06. The lowest BCUT2D eigenvalue weighted by atomic mass is 10.2. The van der Waals surface area contributed by atoms with Crippen LogP contribution in [0.2, 0.25) is 5.28 Å². The zero-order valence-electron chi connectivity index (χ0n) is 14.3. The van der Waals surface area contributed by atoms with Crippen LogP contribution >= 0.6 is 22.9 Å². The van der Waals surface area contributed by atoms with Crippen molar-refractivity contribution in [2.24, 2.45) is 4.36 Å². The van der Waals surface area contributed by atoms with E-state index in [1.165, 1.54) is 5.56 Å². The highest BCUT2D eigenvalue weighted by Gasteiger charge is 2.08. The van der Waals surface area contributed by atoms with E-state index in [1.807, 2.05) is 36.4 Å². The average Bonchev–Trinajstić information content (AvgIpc) is 3.04. The van der Waals surface area contributed by atoms with Crippen LogP contribution in [0.4, 0.5) is 17.6 Å². The van der Waals surface area contributed by atoms with Crippen molar-refractivity contribution in [2.75, 3.05) is 5.32 Å². The van der Waals surface area contributed by atoms with Crippen molar-refractivity contribution < 1.29 is 8.42 Å². The monoisotopic (exact) mass is 430 g/mol. The molecular weight excluding hydrogens is 420 g/mol. The normalized spacial score (nSPS) is 10.8. The molecular formula is C17H11ClN6O2S2. The molecule has 0 fully saturated rings. The highest BCUT2D eigenvalue weighted by Crippen LogP contribution is 2.31. The minimum atomic E-state index is -2.68. The number of anilines is 2. The van der Waals surface area contributed by atoms with Crippen LogP contribution in [-0.2, 0) is 10.5 Å². The van der Waals surface area contributed by atoms with Crippen molar-refractivity contribution in [1.29, 1.82) is 0 Å². The Morgan fingerprint density at radius 1 is 1.04 bits per heavy atom. The number of aryl methyl sites for hydroxylation is 1. The Labute approximate surface area is 170 Å². The van der Waals surface area contributed by atoms with E-state index < -0.39 is 10.5 Å². The smallest absolute Gasteiger partial charge is 0.319 e. The number of thiazole rings is 1. The largest absolute Gasteiger partial charge is 0.324 e. The van der Waals surface area contributed by atoms with Gasteiger partial charge in [-0.05, 0) is 60.5 Å². The molecule has 0 aliphatic rings. The fraction of sp³-hybridized carbons (Fsp3) is 0.0588. The van der Waals surface area contributed by atoms with Gasteiger partial charge in [-0.3, -0.25) is 0 Å². The van der Waals surface area contributed by atoms with Crippen molar-refractivity contribution in [3.63, 3.8) is 0 Å². The molecule has 0 unspecified atom stereocenters. The molecule has 2 aromatic heterocycles. The van der Waals surface area contributed by atoms with E-state index in [-0.39, 0.29) is 17.2 Å². The maximum absolute atomic E-state index is 10.7. The van der Waals surface area contributed by atoms with Crippen molar-refractivity contribution in [1.82, 2.24) is 19.9 Å². The number of nitrogens with zero attached hydrogens (tertiary/aromatic N) is 5. The van der Waals surface area contributed by atoms with Gasteiger partial charge in [0.1, 0.15) is 5.01 Å². The van der Waals surface area contributed by atoms with E-state index in [0.29, 0.717) is 5.69 Å². The summed E-state index contributed by atoms with van der Waals surface area (Å²) in [5.41, 5.74) is 3.84. The van der Waals surface area contributed by atoms with Crippen molar-refractivity contribution in [3.8, 4) is 10.6 Å². The molecule has 28 heavy (non-hydrogen) atoms. The molecule has 1 N–H and O–H groups in total. The van der Waals surface area contributed by atoms with Gasteiger partial charge in [-0.15, -0.1) is 11.3 Å². The fourth-order valence-electron chi connectivity index (χ4n) is 2.48. The number of rotatable bonds is 4. The van der Waals surface area contributed by atoms with Crippen LogP contribution in [0, 0.1) is 6.92 Å². The van der Waals surface area contributed by atoms with Crippen LogP contribution in [0.3, 0.4) is 0 Å². The Morgan fingerprint density at radius 2 is 1.82 bits per heavy atom. The highest BCUT2D eigenvalue weighted by atomic mass is 35.5. The third-order valence-corrected chi connectivity index (χ3v) is 5.23. The van der Waals surface area contributed by atoms with E-state index in [0.717, 1.165) is 20.8 Å². The van der Waals surface area contributed by atoms with Gasteiger partial charge in [0.2, 0.25) is 11.2 Å². The topological polar surface area (TPSA) is 110 Å². The summed E-state index contributed by atoms with van der Waals surface area (Å²) in [6, 6.07) is 13.7. The number of aromatic nitrogens is 4. The molecule has 0 bridgehead atoms. The molecule has 0 radical (unpaired) electrons. The quantitative estimate of drug-likeness (QED) is 0.505. The summed E-state index contributed by atoms with van der Waals surface area (Å²) < 4.78 is 25.7. The van der Waals surface area contributed by atoms with Crippen LogP contribution in [0.5, 0.6) is 0 Å². The van der Waals surface area contributed by atoms with Crippen LogP contribution < -0.4 is 5.32 Å². The molecule has 0 saturated carbocycles. The standard InChI is InChI=1S/C17H11ClN6O2S2/c1-9-2-7-12-13(8-9)27-14(20-12)10-3-5-11(6-4-10)19-16-21-15(18)22-17(23-16)24-28(25)26/h2-8H,1H3,(H,19,21,22,23). The van der Waals surface area contributed by atoms with Crippen LogP contribution in [-0.4, -0.2) is 28.4 Å². The Hall–Kier alpha value is -2.95. The van der Waals surface area contributed by atoms with Gasteiger partial charge in [0.05, 0.1) is 10.2 Å². The first-order chi connectivity index (χ1) is 13.5. The van der Waals surface area contributed by atoms with Crippen molar-refractivity contribution in [2.45, 2.75) is 6.92 Å². The molecule has 8 nitrogen and oxygen atoms in total. The number of hydrogen-bond donors (Lipinski definition) is 1. The summed E-state index contributed by atoms with van der Waals surface area (Å²) in [6.07, 6.45) is 0. The predicted octanol–water partition coefficient (Wildman–Crippen LogP) is 4.55. The fourth-order valence-corrected chi connectivity index (χ4v) is 3.92. The molecule has 2 heterocycles. The molecule has 11 heteroatoms. The summed E-state index contributed by atoms with van der Waals surface area (Å²) in [5, 5.41) is 3.71. The molecule has 4 rings (SSSR count). The molecule has 140 valence electrons. The van der Waals surface area contributed by atoms with Crippen molar-refractivity contribution >= 4 is 61.2 Å². The van der Waals surface area contributed by atoms with Gasteiger partial charge >= 0.3 is 10.5 Å². The molecule has 0 aliphatic carbocycles. The second-order valence-corrected chi connectivity index (χ2v) is 7.71. The second-order valence-electron chi connectivity index (χ2n) is 5.73. The van der Waals surface area contributed by atoms with Crippen LogP contribution in [0.25, 0.3) is 20.8 Å². The van der Waals surface area contributed by atoms with Crippen LogP contribution in [0.1, 0.15) is 5.56 Å². The molecule has 0 spiro atoms. The predicted molar refractivity (Wildman–Crippen MR) is 109 cm³/mol. The van der Waals surface area contributed by atoms with E-state index in [4.69, 9.17) is 11.6 Å². The minimum Gasteiger partial charge on any atom is -0.324 e. The average molecular weight is 431 g/mol. The summed E-state index contributed by atoms with van der Waals surface area (Å²) in [7, 11) is -2.68. The zero-order chi connectivity index (χ0) is 19.7. The lowest BCUT2D eigenvalue weighted by Gasteiger charge is -2.05. The Kier molecular flexibility index (Phi) is 4.99. The van der Waals surface area contributed by atoms with Gasteiger partial charge in [-0.25, -0.2) is 4.98 Å². The maximum Gasteiger partial charge on any atom is 0.319 e. The van der Waals surface area contributed by atoms with Gasteiger partial charge in [0.15, 0.2) is 0 Å². The molecule has 4 aromatic rings. The lowest BCUT2D eigenvalue weighted by Crippen LogP contribution is -1.99. The Bertz CT molecular complexity index is 1310.